The van der Waals surface area contributed by atoms with E-state index in [1.807, 2.05) is 6.92 Å². The van der Waals surface area contributed by atoms with Crippen molar-refractivity contribution in [2.75, 3.05) is 12.3 Å². The van der Waals surface area contributed by atoms with E-state index in [0.717, 1.165) is 12.8 Å². The van der Waals surface area contributed by atoms with Crippen molar-refractivity contribution in [3.05, 3.63) is 24.3 Å². The van der Waals surface area contributed by atoms with Gasteiger partial charge in [-0.15, -0.1) is 0 Å². The second-order valence-corrected chi connectivity index (χ2v) is 6.46. The fourth-order valence-electron chi connectivity index (χ4n) is 3.76. The fourth-order valence-corrected chi connectivity index (χ4v) is 3.76. The van der Waals surface area contributed by atoms with Crippen LogP contribution in [0, 0.1) is 0 Å². The highest BCUT2D eigenvalue weighted by Gasteiger charge is 2.78. The standard InChI is InChI=1S/C15H21N5O4/c1-2-5-18-11(16)8-12(17)20(7-19-8)13-9-10(22)15(6-21,24-13)14(23-9)3-4-14/h2,5,7,9-10,13,21-22H,3-4,6,17H2,1H3,(H2,16,18)/b5-2-/t9?,10?,13-,15-/m1/s1. The Morgan fingerprint density at radius 1 is 1.54 bits per heavy atom. The maximum atomic E-state index is 10.6. The van der Waals surface area contributed by atoms with Crippen LogP contribution < -0.4 is 11.5 Å². The van der Waals surface area contributed by atoms with Crippen LogP contribution in [0.2, 0.25) is 0 Å². The van der Waals surface area contributed by atoms with Gasteiger partial charge in [-0.3, -0.25) is 4.57 Å². The lowest BCUT2D eigenvalue weighted by molar-refractivity contribution is -0.234. The molecule has 3 heterocycles. The number of nitrogen functional groups attached to an aromatic ring is 1. The number of aliphatic hydroxyl groups is 2. The molecule has 1 spiro atoms. The summed E-state index contributed by atoms with van der Waals surface area (Å²) in [6, 6.07) is 0. The quantitative estimate of drug-likeness (QED) is 0.419. The van der Waals surface area contributed by atoms with Gasteiger partial charge in [-0.05, 0) is 19.8 Å². The van der Waals surface area contributed by atoms with Crippen molar-refractivity contribution < 1.29 is 19.7 Å². The summed E-state index contributed by atoms with van der Waals surface area (Å²) in [4.78, 5) is 8.23. The molecule has 2 bridgehead atoms. The monoisotopic (exact) mass is 335 g/mol. The van der Waals surface area contributed by atoms with Crippen LogP contribution in [0.4, 0.5) is 5.82 Å². The first kappa shape index (κ1) is 15.6. The lowest BCUT2D eigenvalue weighted by atomic mass is 9.91. The molecule has 0 aromatic carbocycles. The van der Waals surface area contributed by atoms with Crippen molar-refractivity contribution in [1.29, 1.82) is 0 Å². The molecular formula is C15H21N5O4. The van der Waals surface area contributed by atoms with Crippen LogP contribution >= 0.6 is 0 Å². The Morgan fingerprint density at radius 2 is 2.29 bits per heavy atom. The van der Waals surface area contributed by atoms with Gasteiger partial charge in [0.05, 0.1) is 12.9 Å². The zero-order valence-electron chi connectivity index (χ0n) is 13.3. The van der Waals surface area contributed by atoms with E-state index in [4.69, 9.17) is 20.9 Å². The molecule has 2 unspecified atom stereocenters. The number of nitrogens with zero attached hydrogens (tertiary/aromatic N) is 3. The number of anilines is 1. The van der Waals surface area contributed by atoms with Crippen molar-refractivity contribution in [1.82, 2.24) is 9.55 Å². The van der Waals surface area contributed by atoms with Crippen molar-refractivity contribution in [3.63, 3.8) is 0 Å². The van der Waals surface area contributed by atoms with E-state index >= 15 is 0 Å². The molecule has 1 aromatic heterocycles. The normalized spacial score (nSPS) is 37.0. The molecule has 9 nitrogen and oxygen atoms in total. The molecule has 1 aliphatic carbocycles. The Bertz CT molecular complexity index is 725. The highest BCUT2D eigenvalue weighted by Crippen LogP contribution is 2.64. The van der Waals surface area contributed by atoms with Crippen LogP contribution in [-0.4, -0.2) is 55.6 Å². The van der Waals surface area contributed by atoms with Gasteiger partial charge in [0.1, 0.15) is 29.3 Å². The van der Waals surface area contributed by atoms with Gasteiger partial charge in [0.15, 0.2) is 17.7 Å². The third kappa shape index (κ3) is 1.78. The molecule has 4 rings (SSSR count). The summed E-state index contributed by atoms with van der Waals surface area (Å²) in [6.07, 6.45) is 4.09. The van der Waals surface area contributed by atoms with Crippen LogP contribution in [0.25, 0.3) is 0 Å². The average molecular weight is 335 g/mol. The minimum absolute atomic E-state index is 0.185. The highest BCUT2D eigenvalue weighted by molar-refractivity contribution is 5.99. The molecular weight excluding hydrogens is 314 g/mol. The van der Waals surface area contributed by atoms with E-state index in [0.29, 0.717) is 5.69 Å². The molecule has 4 atom stereocenters. The molecule has 0 radical (unpaired) electrons. The number of nitrogens with two attached hydrogens (primary N) is 2. The molecule has 130 valence electrons. The third-order valence-electron chi connectivity index (χ3n) is 5.18. The summed E-state index contributed by atoms with van der Waals surface area (Å²) < 4.78 is 13.6. The Kier molecular flexibility index (Phi) is 3.26. The topological polar surface area (TPSA) is 141 Å². The van der Waals surface area contributed by atoms with E-state index in [2.05, 4.69) is 9.98 Å². The van der Waals surface area contributed by atoms with E-state index in [1.165, 1.54) is 6.33 Å². The largest absolute Gasteiger partial charge is 0.393 e. The molecule has 24 heavy (non-hydrogen) atoms. The first-order valence-corrected chi connectivity index (χ1v) is 7.91. The molecule has 1 aromatic rings. The van der Waals surface area contributed by atoms with Crippen LogP contribution in [0.3, 0.4) is 0 Å². The summed E-state index contributed by atoms with van der Waals surface area (Å²) in [5, 5.41) is 20.4. The van der Waals surface area contributed by atoms with Gasteiger partial charge < -0.3 is 31.2 Å². The molecule has 3 aliphatic rings. The number of rotatable bonds is 4. The number of fused-ring (bicyclic) bond motifs is 3. The highest BCUT2D eigenvalue weighted by atomic mass is 16.7. The zero-order valence-corrected chi connectivity index (χ0v) is 13.3. The Labute approximate surface area is 138 Å². The summed E-state index contributed by atoms with van der Waals surface area (Å²) in [7, 11) is 0. The fraction of sp³-hybridized carbons (Fsp3) is 0.600. The zero-order chi connectivity index (χ0) is 17.1. The van der Waals surface area contributed by atoms with Gasteiger partial charge in [-0.2, -0.15) is 0 Å². The number of hydrogen-bond donors (Lipinski definition) is 4. The number of aliphatic imine (C=N–C) groups is 1. The Hall–Kier alpha value is -1.94. The Balaban J connectivity index is 1.66. The second-order valence-electron chi connectivity index (χ2n) is 6.46. The number of aromatic nitrogens is 2. The summed E-state index contributed by atoms with van der Waals surface area (Å²) >= 11 is 0. The van der Waals surface area contributed by atoms with Crippen molar-refractivity contribution in [2.45, 2.75) is 49.4 Å². The SMILES string of the molecule is C/C=C\N=C(\N)c1ncn([C@@H]2O[C@]3(CO)C(O)C2OC32CC2)c1N. The van der Waals surface area contributed by atoms with Gasteiger partial charge in [-0.25, -0.2) is 9.98 Å². The molecule has 6 N–H and O–H groups in total. The number of amidine groups is 1. The van der Waals surface area contributed by atoms with Crippen molar-refractivity contribution in [2.24, 2.45) is 10.7 Å². The lowest BCUT2D eigenvalue weighted by Crippen LogP contribution is -2.52. The second kappa shape index (κ2) is 5.03. The van der Waals surface area contributed by atoms with Gasteiger partial charge in [0.25, 0.3) is 0 Å². The number of imidazole rings is 1. The van der Waals surface area contributed by atoms with Gasteiger partial charge in [-0.1, -0.05) is 6.08 Å². The van der Waals surface area contributed by atoms with Crippen LogP contribution in [-0.2, 0) is 9.47 Å². The van der Waals surface area contributed by atoms with E-state index in [9.17, 15) is 10.2 Å². The summed E-state index contributed by atoms with van der Waals surface area (Å²) in [6.45, 7) is 1.51. The maximum Gasteiger partial charge on any atom is 0.166 e. The minimum Gasteiger partial charge on any atom is -0.393 e. The number of allylic oxidation sites excluding steroid dienone is 1. The number of hydrogen-bond acceptors (Lipinski definition) is 7. The number of aliphatic hydroxyl groups excluding tert-OH is 2. The summed E-state index contributed by atoms with van der Waals surface area (Å²) in [5.74, 6) is 0.455. The lowest BCUT2D eigenvalue weighted by Gasteiger charge is -2.37. The van der Waals surface area contributed by atoms with Gasteiger partial charge in [0, 0.05) is 6.20 Å². The summed E-state index contributed by atoms with van der Waals surface area (Å²) in [5.41, 5.74) is 10.7. The van der Waals surface area contributed by atoms with Crippen molar-refractivity contribution >= 4 is 11.7 Å². The van der Waals surface area contributed by atoms with Crippen LogP contribution in [0.5, 0.6) is 0 Å². The van der Waals surface area contributed by atoms with Gasteiger partial charge >= 0.3 is 0 Å². The van der Waals surface area contributed by atoms with E-state index in [1.54, 1.807) is 16.8 Å². The van der Waals surface area contributed by atoms with Crippen molar-refractivity contribution in [3.8, 4) is 0 Å². The predicted molar refractivity (Wildman–Crippen MR) is 85.0 cm³/mol. The molecule has 3 fully saturated rings. The molecule has 1 saturated carbocycles. The molecule has 9 heteroatoms. The van der Waals surface area contributed by atoms with E-state index in [-0.39, 0.29) is 18.3 Å². The maximum absolute atomic E-state index is 10.6. The van der Waals surface area contributed by atoms with Gasteiger partial charge in [0.2, 0.25) is 0 Å². The predicted octanol–water partition coefficient (Wildman–Crippen LogP) is -0.744. The first-order chi connectivity index (χ1) is 11.5. The van der Waals surface area contributed by atoms with Crippen LogP contribution in [0.1, 0.15) is 31.7 Å². The molecule has 0 amide bonds. The van der Waals surface area contributed by atoms with E-state index < -0.39 is 29.6 Å². The first-order valence-electron chi connectivity index (χ1n) is 7.91. The minimum atomic E-state index is -1.11. The number of ether oxygens (including phenoxy) is 2. The molecule has 2 saturated heterocycles. The average Bonchev–Trinajstić information content (AvgIpc) is 3.09. The third-order valence-corrected chi connectivity index (χ3v) is 5.18. The Morgan fingerprint density at radius 3 is 2.92 bits per heavy atom. The molecule has 2 aliphatic heterocycles. The smallest absolute Gasteiger partial charge is 0.166 e. The van der Waals surface area contributed by atoms with Crippen LogP contribution in [0.15, 0.2) is 23.6 Å².